The molecule has 0 saturated carbocycles. The van der Waals surface area contributed by atoms with Crippen molar-refractivity contribution in [3.05, 3.63) is 77.9 Å². The molecule has 1 heterocycles. The maximum atomic E-state index is 12.9. The molecular formula is C29H38N4O5. The molecule has 0 unspecified atom stereocenters. The van der Waals surface area contributed by atoms with Gasteiger partial charge in [0, 0.05) is 12.2 Å². The highest BCUT2D eigenvalue weighted by Gasteiger charge is 2.23. The minimum absolute atomic E-state index is 0.0360. The second kappa shape index (κ2) is 14.1. The van der Waals surface area contributed by atoms with Crippen molar-refractivity contribution in [3.8, 4) is 0 Å². The van der Waals surface area contributed by atoms with E-state index in [0.29, 0.717) is 25.1 Å². The maximum absolute atomic E-state index is 12.9. The quantitative estimate of drug-likeness (QED) is 0.419. The third kappa shape index (κ3) is 10.2. The summed E-state index contributed by atoms with van der Waals surface area (Å²) in [5, 5.41) is 11.8. The number of nitrogens with one attached hydrogen (secondary N) is 4. The molecule has 0 fully saturated rings. The standard InChI is InChI=1S/C29H38N4O5/c1-29(2,3)38-27(35)31-19-25-26(34)30-17-10-5-4-9-16-24(22-14-11-15-23(18-22)32-25)33-28(36)37-20-21-12-7-6-8-13-21/h4-8,11-15,18,24-25,32H,9-10,16-17,19-20H2,1-3H3,(H,30,34)(H,31,35)(H,33,36)/b5-4+/t24-,25+/m0/s1. The van der Waals surface area contributed by atoms with Crippen LogP contribution < -0.4 is 21.3 Å². The van der Waals surface area contributed by atoms with E-state index in [4.69, 9.17) is 9.47 Å². The molecule has 1 aliphatic heterocycles. The summed E-state index contributed by atoms with van der Waals surface area (Å²) in [6.45, 7) is 6.02. The molecule has 2 aromatic rings. The van der Waals surface area contributed by atoms with Crippen LogP contribution in [-0.4, -0.2) is 42.8 Å². The first-order valence-electron chi connectivity index (χ1n) is 12.9. The third-order valence-corrected chi connectivity index (χ3v) is 5.70. The first-order chi connectivity index (χ1) is 18.2. The Bertz CT molecular complexity index is 1100. The summed E-state index contributed by atoms with van der Waals surface area (Å²) >= 11 is 0. The average molecular weight is 523 g/mol. The van der Waals surface area contributed by atoms with Gasteiger partial charge in [0.15, 0.2) is 0 Å². The van der Waals surface area contributed by atoms with Gasteiger partial charge >= 0.3 is 12.2 Å². The maximum Gasteiger partial charge on any atom is 0.407 e. The largest absolute Gasteiger partial charge is 0.445 e. The average Bonchev–Trinajstić information content (AvgIpc) is 2.87. The Morgan fingerprint density at radius 1 is 1.00 bits per heavy atom. The Hall–Kier alpha value is -4.01. The van der Waals surface area contributed by atoms with Crippen LogP contribution in [0.25, 0.3) is 0 Å². The van der Waals surface area contributed by atoms with Gasteiger partial charge in [-0.15, -0.1) is 0 Å². The fraction of sp³-hybridized carbons (Fsp3) is 0.414. The highest BCUT2D eigenvalue weighted by atomic mass is 16.6. The van der Waals surface area contributed by atoms with Gasteiger partial charge in [-0.25, -0.2) is 9.59 Å². The molecule has 0 aromatic heterocycles. The molecule has 2 atom stereocenters. The lowest BCUT2D eigenvalue weighted by molar-refractivity contribution is -0.121. The molecule has 9 nitrogen and oxygen atoms in total. The van der Waals surface area contributed by atoms with Crippen LogP contribution in [0.4, 0.5) is 15.3 Å². The lowest BCUT2D eigenvalue weighted by Gasteiger charge is -2.24. The van der Waals surface area contributed by atoms with Gasteiger partial charge in [0.2, 0.25) is 5.91 Å². The molecular weight excluding hydrogens is 484 g/mol. The van der Waals surface area contributed by atoms with Gasteiger partial charge in [-0.1, -0.05) is 54.6 Å². The number of hydrogen-bond donors (Lipinski definition) is 4. The van der Waals surface area contributed by atoms with Crippen molar-refractivity contribution in [2.45, 2.75) is 64.3 Å². The SMILES string of the molecule is CC(C)(C)OC(=O)NC[C@H]1Nc2cccc(c2)[C@@H](NC(=O)OCc2ccccc2)CC/C=C/CCNC1=O. The molecule has 0 radical (unpaired) electrons. The Kier molecular flexibility index (Phi) is 10.6. The molecule has 9 heteroatoms. The van der Waals surface area contributed by atoms with Crippen molar-refractivity contribution in [1.29, 1.82) is 0 Å². The van der Waals surface area contributed by atoms with Crippen molar-refractivity contribution in [1.82, 2.24) is 16.0 Å². The Balaban J connectivity index is 1.72. The third-order valence-electron chi connectivity index (χ3n) is 5.70. The zero-order valence-corrected chi connectivity index (χ0v) is 22.3. The van der Waals surface area contributed by atoms with Crippen LogP contribution in [0.3, 0.4) is 0 Å². The monoisotopic (exact) mass is 522 g/mol. The van der Waals surface area contributed by atoms with Crippen molar-refractivity contribution < 1.29 is 23.9 Å². The molecule has 3 rings (SSSR count). The van der Waals surface area contributed by atoms with Crippen LogP contribution in [-0.2, 0) is 20.9 Å². The summed E-state index contributed by atoms with van der Waals surface area (Å²) in [6.07, 6.45) is 5.05. The number of alkyl carbamates (subject to hydrolysis) is 2. The van der Waals surface area contributed by atoms with Crippen molar-refractivity contribution in [3.63, 3.8) is 0 Å². The topological polar surface area (TPSA) is 118 Å². The predicted molar refractivity (Wildman–Crippen MR) is 147 cm³/mol. The fourth-order valence-electron chi connectivity index (χ4n) is 3.88. The number of allylic oxidation sites excluding steroid dienone is 1. The van der Waals surface area contributed by atoms with E-state index in [1.54, 1.807) is 20.8 Å². The van der Waals surface area contributed by atoms with Crippen molar-refractivity contribution in [2.75, 3.05) is 18.4 Å². The van der Waals surface area contributed by atoms with E-state index >= 15 is 0 Å². The van der Waals surface area contributed by atoms with Crippen LogP contribution in [0.2, 0.25) is 0 Å². The molecule has 1 aliphatic rings. The fourth-order valence-corrected chi connectivity index (χ4v) is 3.88. The molecule has 4 N–H and O–H groups in total. The van der Waals surface area contributed by atoms with Gasteiger partial charge < -0.3 is 30.7 Å². The summed E-state index contributed by atoms with van der Waals surface area (Å²) in [5.41, 5.74) is 1.82. The Labute approximate surface area is 224 Å². The highest BCUT2D eigenvalue weighted by Crippen LogP contribution is 2.23. The number of amides is 3. The normalized spacial score (nSPS) is 19.1. The minimum atomic E-state index is -0.730. The second-order valence-corrected chi connectivity index (χ2v) is 10.1. The highest BCUT2D eigenvalue weighted by molar-refractivity contribution is 5.85. The molecule has 38 heavy (non-hydrogen) atoms. The van der Waals surface area contributed by atoms with Gasteiger partial charge in [-0.3, -0.25) is 4.79 Å². The van der Waals surface area contributed by atoms with Crippen LogP contribution in [0.15, 0.2) is 66.7 Å². The predicted octanol–water partition coefficient (Wildman–Crippen LogP) is 4.82. The van der Waals surface area contributed by atoms with E-state index < -0.39 is 23.8 Å². The first-order valence-corrected chi connectivity index (χ1v) is 12.9. The number of rotatable bonds is 5. The van der Waals surface area contributed by atoms with Gasteiger partial charge in [-0.05, 0) is 63.3 Å². The second-order valence-electron chi connectivity index (χ2n) is 10.1. The van der Waals surface area contributed by atoms with E-state index in [9.17, 15) is 14.4 Å². The van der Waals surface area contributed by atoms with Crippen LogP contribution >= 0.6 is 0 Å². The number of ether oxygens (including phenoxy) is 2. The number of anilines is 1. The Morgan fingerprint density at radius 3 is 2.53 bits per heavy atom. The molecule has 2 aromatic carbocycles. The summed E-state index contributed by atoms with van der Waals surface area (Å²) < 4.78 is 10.7. The summed E-state index contributed by atoms with van der Waals surface area (Å²) in [7, 11) is 0. The van der Waals surface area contributed by atoms with E-state index in [1.807, 2.05) is 66.7 Å². The molecule has 2 bridgehead atoms. The van der Waals surface area contributed by atoms with E-state index in [-0.39, 0.29) is 25.1 Å². The number of fused-ring (bicyclic) bond motifs is 2. The number of benzene rings is 2. The summed E-state index contributed by atoms with van der Waals surface area (Å²) in [5.74, 6) is -0.240. The van der Waals surface area contributed by atoms with Crippen molar-refractivity contribution in [2.24, 2.45) is 0 Å². The lowest BCUT2D eigenvalue weighted by Crippen LogP contribution is -2.48. The molecule has 3 amide bonds. The zero-order chi connectivity index (χ0) is 27.4. The van der Waals surface area contributed by atoms with Gasteiger partial charge in [0.25, 0.3) is 0 Å². The minimum Gasteiger partial charge on any atom is -0.445 e. The number of carbonyl (C=O) groups excluding carboxylic acids is 3. The van der Waals surface area contributed by atoms with E-state index in [1.165, 1.54) is 0 Å². The first kappa shape index (κ1) is 28.6. The summed E-state index contributed by atoms with van der Waals surface area (Å²) in [4.78, 5) is 37.7. The van der Waals surface area contributed by atoms with Crippen LogP contribution in [0.5, 0.6) is 0 Å². The molecule has 0 aliphatic carbocycles. The Morgan fingerprint density at radius 2 is 1.76 bits per heavy atom. The molecule has 204 valence electrons. The van der Waals surface area contributed by atoms with Crippen molar-refractivity contribution >= 4 is 23.8 Å². The molecule has 0 saturated heterocycles. The van der Waals surface area contributed by atoms with E-state index in [2.05, 4.69) is 21.3 Å². The number of carbonyl (C=O) groups is 3. The zero-order valence-electron chi connectivity index (χ0n) is 22.3. The van der Waals surface area contributed by atoms with E-state index in [0.717, 1.165) is 17.5 Å². The smallest absolute Gasteiger partial charge is 0.407 e. The van der Waals surface area contributed by atoms with Crippen LogP contribution in [0, 0.1) is 0 Å². The van der Waals surface area contributed by atoms with Gasteiger partial charge in [0.05, 0.1) is 12.6 Å². The van der Waals surface area contributed by atoms with Gasteiger partial charge in [-0.2, -0.15) is 0 Å². The van der Waals surface area contributed by atoms with Gasteiger partial charge in [0.1, 0.15) is 18.2 Å². The number of hydrogen-bond acceptors (Lipinski definition) is 6. The van der Waals surface area contributed by atoms with Crippen LogP contribution in [0.1, 0.15) is 57.2 Å². The lowest BCUT2D eigenvalue weighted by atomic mass is 10.0. The molecule has 0 spiro atoms. The summed E-state index contributed by atoms with van der Waals surface area (Å²) in [6, 6.07) is 16.0.